The first kappa shape index (κ1) is 15.1. The molecule has 2 aliphatic heterocycles. The number of aliphatic hydroxyl groups excluding tert-OH is 1. The van der Waals surface area contributed by atoms with Gasteiger partial charge in [-0.3, -0.25) is 9.69 Å². The molecule has 22 heavy (non-hydrogen) atoms. The van der Waals surface area contributed by atoms with Crippen LogP contribution in [0.5, 0.6) is 0 Å². The number of carbonyl (C=O) groups is 1. The number of likely N-dealkylation sites (tertiary alicyclic amines) is 1. The number of fused-ring (bicyclic) bond motifs is 1. The van der Waals surface area contributed by atoms with Crippen molar-refractivity contribution in [3.63, 3.8) is 0 Å². The number of aliphatic hydroxyl groups is 1. The van der Waals surface area contributed by atoms with Crippen LogP contribution >= 0.6 is 0 Å². The van der Waals surface area contributed by atoms with Gasteiger partial charge < -0.3 is 21.1 Å². The number of β-amino-alcohol motifs (C(OH)–C–C–N with tert-alkyl or cyclic N) is 1. The highest BCUT2D eigenvalue weighted by Gasteiger charge is 2.28. The predicted octanol–water partition coefficient (Wildman–Crippen LogP) is 0.709. The fourth-order valence-corrected chi connectivity index (χ4v) is 3.12. The second kappa shape index (κ2) is 6.54. The lowest BCUT2D eigenvalue weighted by molar-refractivity contribution is 0.0943. The average molecular weight is 304 g/mol. The largest absolute Gasteiger partial charge is 0.392 e. The Bertz CT molecular complexity index is 549. The van der Waals surface area contributed by atoms with E-state index in [0.717, 1.165) is 30.9 Å². The molecule has 1 fully saturated rings. The summed E-state index contributed by atoms with van der Waals surface area (Å²) in [6, 6.07) is 5.91. The van der Waals surface area contributed by atoms with E-state index in [2.05, 4.69) is 20.9 Å². The molecule has 0 saturated carbocycles. The zero-order valence-electron chi connectivity index (χ0n) is 12.9. The highest BCUT2D eigenvalue weighted by molar-refractivity contribution is 5.96. The zero-order valence-corrected chi connectivity index (χ0v) is 12.9. The molecular weight excluding hydrogens is 280 g/mol. The number of carbonyl (C=O) groups excluding carboxylic acids is 1. The van der Waals surface area contributed by atoms with Crippen molar-refractivity contribution in [1.82, 2.24) is 10.2 Å². The molecule has 2 heterocycles. The number of anilines is 2. The van der Waals surface area contributed by atoms with Crippen molar-refractivity contribution in [1.29, 1.82) is 0 Å². The predicted molar refractivity (Wildman–Crippen MR) is 87.4 cm³/mol. The SMILES string of the molecule is CN1CC(O)CC1CNC(=O)c1ccc2c(c1)NCCCN2. The molecule has 120 valence electrons. The van der Waals surface area contributed by atoms with Crippen LogP contribution in [0.25, 0.3) is 0 Å². The van der Waals surface area contributed by atoms with Crippen molar-refractivity contribution in [2.24, 2.45) is 0 Å². The molecule has 1 saturated heterocycles. The second-order valence-corrected chi connectivity index (χ2v) is 6.16. The van der Waals surface area contributed by atoms with Gasteiger partial charge in [-0.2, -0.15) is 0 Å². The quantitative estimate of drug-likeness (QED) is 0.662. The van der Waals surface area contributed by atoms with E-state index in [1.165, 1.54) is 0 Å². The Kier molecular flexibility index (Phi) is 4.49. The van der Waals surface area contributed by atoms with Gasteiger partial charge in [0.2, 0.25) is 0 Å². The Hall–Kier alpha value is -1.79. The van der Waals surface area contributed by atoms with Crippen LogP contribution in [0.1, 0.15) is 23.2 Å². The number of hydrogen-bond acceptors (Lipinski definition) is 5. The van der Waals surface area contributed by atoms with E-state index >= 15 is 0 Å². The van der Waals surface area contributed by atoms with Gasteiger partial charge in [0.25, 0.3) is 5.91 Å². The van der Waals surface area contributed by atoms with E-state index in [9.17, 15) is 9.90 Å². The van der Waals surface area contributed by atoms with E-state index in [1.807, 2.05) is 25.2 Å². The van der Waals surface area contributed by atoms with E-state index in [0.29, 0.717) is 25.1 Å². The fraction of sp³-hybridized carbons (Fsp3) is 0.562. The summed E-state index contributed by atoms with van der Waals surface area (Å²) in [5.41, 5.74) is 2.70. The summed E-state index contributed by atoms with van der Waals surface area (Å²) < 4.78 is 0. The topological polar surface area (TPSA) is 76.6 Å². The summed E-state index contributed by atoms with van der Waals surface area (Å²) in [5, 5.41) is 19.3. The van der Waals surface area contributed by atoms with Gasteiger partial charge in [0, 0.05) is 37.8 Å². The van der Waals surface area contributed by atoms with E-state index in [1.54, 1.807) is 0 Å². The number of hydrogen-bond donors (Lipinski definition) is 4. The van der Waals surface area contributed by atoms with Crippen LogP contribution in [0.15, 0.2) is 18.2 Å². The van der Waals surface area contributed by atoms with Gasteiger partial charge in [-0.25, -0.2) is 0 Å². The Balaban J connectivity index is 1.61. The number of amides is 1. The molecule has 2 unspecified atom stereocenters. The van der Waals surface area contributed by atoms with Crippen LogP contribution in [0, 0.1) is 0 Å². The van der Waals surface area contributed by atoms with Gasteiger partial charge in [0.1, 0.15) is 0 Å². The van der Waals surface area contributed by atoms with E-state index < -0.39 is 0 Å². The smallest absolute Gasteiger partial charge is 0.251 e. The Morgan fingerprint density at radius 2 is 2.14 bits per heavy atom. The number of likely N-dealkylation sites (N-methyl/N-ethyl adjacent to an activating group) is 1. The molecule has 1 aromatic rings. The van der Waals surface area contributed by atoms with E-state index in [-0.39, 0.29) is 18.1 Å². The number of benzene rings is 1. The van der Waals surface area contributed by atoms with Crippen LogP contribution in [0.3, 0.4) is 0 Å². The second-order valence-electron chi connectivity index (χ2n) is 6.16. The first-order valence-electron chi connectivity index (χ1n) is 7.92. The molecular formula is C16H24N4O2. The molecule has 0 bridgehead atoms. The minimum Gasteiger partial charge on any atom is -0.392 e. The third-order valence-corrected chi connectivity index (χ3v) is 4.43. The lowest BCUT2D eigenvalue weighted by Gasteiger charge is -2.19. The maximum atomic E-state index is 12.3. The summed E-state index contributed by atoms with van der Waals surface area (Å²) in [4.78, 5) is 14.4. The third-order valence-electron chi connectivity index (χ3n) is 4.43. The molecule has 0 radical (unpaired) electrons. The van der Waals surface area contributed by atoms with Gasteiger partial charge in [0.05, 0.1) is 17.5 Å². The molecule has 6 heteroatoms. The highest BCUT2D eigenvalue weighted by Crippen LogP contribution is 2.25. The molecule has 2 atom stereocenters. The molecule has 0 spiro atoms. The van der Waals surface area contributed by atoms with Gasteiger partial charge in [0.15, 0.2) is 0 Å². The standard InChI is InChI=1S/C16H24N4O2/c1-20-10-13(21)8-12(20)9-19-16(22)11-3-4-14-15(7-11)18-6-2-5-17-14/h3-4,7,12-13,17-18,21H,2,5-6,8-10H2,1H3,(H,19,22). The number of rotatable bonds is 3. The van der Waals surface area contributed by atoms with Crippen LogP contribution in [0.4, 0.5) is 11.4 Å². The first-order chi connectivity index (χ1) is 10.6. The minimum absolute atomic E-state index is 0.0661. The Morgan fingerprint density at radius 3 is 2.86 bits per heavy atom. The summed E-state index contributed by atoms with van der Waals surface area (Å²) in [6.45, 7) is 3.10. The van der Waals surface area contributed by atoms with Gasteiger partial charge in [-0.15, -0.1) is 0 Å². The van der Waals surface area contributed by atoms with Crippen molar-refractivity contribution >= 4 is 17.3 Å². The van der Waals surface area contributed by atoms with Gasteiger partial charge in [-0.05, 0) is 38.1 Å². The highest BCUT2D eigenvalue weighted by atomic mass is 16.3. The molecule has 2 aliphatic rings. The van der Waals surface area contributed by atoms with Crippen molar-refractivity contribution in [2.75, 3.05) is 43.9 Å². The van der Waals surface area contributed by atoms with Gasteiger partial charge in [-0.1, -0.05) is 0 Å². The van der Waals surface area contributed by atoms with Crippen LogP contribution in [-0.4, -0.2) is 61.3 Å². The fourth-order valence-electron chi connectivity index (χ4n) is 3.12. The maximum Gasteiger partial charge on any atom is 0.251 e. The van der Waals surface area contributed by atoms with Crippen molar-refractivity contribution in [3.05, 3.63) is 23.8 Å². The Morgan fingerprint density at radius 1 is 1.36 bits per heavy atom. The molecule has 0 aromatic heterocycles. The molecule has 0 aliphatic carbocycles. The van der Waals surface area contributed by atoms with Crippen molar-refractivity contribution in [2.45, 2.75) is 25.0 Å². The summed E-state index contributed by atoms with van der Waals surface area (Å²) in [7, 11) is 1.98. The normalized spacial score (nSPS) is 24.8. The van der Waals surface area contributed by atoms with Crippen molar-refractivity contribution < 1.29 is 9.90 Å². The van der Waals surface area contributed by atoms with Crippen LogP contribution in [0.2, 0.25) is 0 Å². The average Bonchev–Trinajstić information content (AvgIpc) is 2.71. The molecule has 4 N–H and O–H groups in total. The zero-order chi connectivity index (χ0) is 15.5. The van der Waals surface area contributed by atoms with E-state index in [4.69, 9.17) is 0 Å². The summed E-state index contributed by atoms with van der Waals surface area (Å²) in [5.74, 6) is -0.0661. The first-order valence-corrected chi connectivity index (χ1v) is 7.92. The summed E-state index contributed by atoms with van der Waals surface area (Å²) >= 11 is 0. The Labute approximate surface area is 130 Å². The van der Waals surface area contributed by atoms with Crippen LogP contribution in [-0.2, 0) is 0 Å². The minimum atomic E-state index is -0.283. The number of nitrogens with one attached hydrogen (secondary N) is 3. The number of nitrogens with zero attached hydrogens (tertiary/aromatic N) is 1. The molecule has 1 aromatic carbocycles. The lowest BCUT2D eigenvalue weighted by Crippen LogP contribution is -2.38. The maximum absolute atomic E-state index is 12.3. The summed E-state index contributed by atoms with van der Waals surface area (Å²) in [6.07, 6.45) is 1.49. The van der Waals surface area contributed by atoms with Crippen molar-refractivity contribution in [3.8, 4) is 0 Å². The molecule has 3 rings (SSSR count). The van der Waals surface area contributed by atoms with Gasteiger partial charge >= 0.3 is 0 Å². The monoisotopic (exact) mass is 304 g/mol. The molecule has 6 nitrogen and oxygen atoms in total. The lowest BCUT2D eigenvalue weighted by atomic mass is 10.1. The third kappa shape index (κ3) is 3.34. The van der Waals surface area contributed by atoms with Crippen LogP contribution < -0.4 is 16.0 Å². The molecule has 1 amide bonds.